The molecule has 3 heterocycles. The fourth-order valence-electron chi connectivity index (χ4n) is 6.00. The third-order valence-electron chi connectivity index (χ3n) is 7.53. The molecular weight excluding hydrogens is 452 g/mol. The Balaban J connectivity index is 2.03. The topological polar surface area (TPSA) is 87.1 Å². The van der Waals surface area contributed by atoms with Crippen LogP contribution in [0.15, 0.2) is 25.3 Å². The van der Waals surface area contributed by atoms with Gasteiger partial charge in [-0.15, -0.1) is 24.9 Å². The van der Waals surface area contributed by atoms with Gasteiger partial charge in [0.15, 0.2) is 0 Å². The van der Waals surface area contributed by atoms with E-state index in [1.165, 1.54) is 0 Å². The van der Waals surface area contributed by atoms with E-state index >= 15 is 0 Å². The zero-order valence-electron chi connectivity index (χ0n) is 21.0. The highest BCUT2D eigenvalue weighted by atomic mass is 32.2. The van der Waals surface area contributed by atoms with E-state index in [2.05, 4.69) is 13.2 Å². The van der Waals surface area contributed by atoms with Gasteiger partial charge in [0, 0.05) is 30.0 Å². The van der Waals surface area contributed by atoms with Crippen molar-refractivity contribution in [2.24, 2.45) is 11.8 Å². The van der Waals surface area contributed by atoms with Crippen LogP contribution in [0.1, 0.15) is 59.8 Å². The molecule has 0 aromatic rings. The van der Waals surface area contributed by atoms with Gasteiger partial charge in [-0.25, -0.2) is 0 Å². The van der Waals surface area contributed by atoms with Gasteiger partial charge < -0.3 is 19.6 Å². The van der Waals surface area contributed by atoms with E-state index in [0.29, 0.717) is 38.8 Å². The maximum Gasteiger partial charge on any atom is 0.311 e. The highest BCUT2D eigenvalue weighted by Gasteiger charge is 2.77. The summed E-state index contributed by atoms with van der Waals surface area (Å²) in [5, 5.41) is 9.30. The Labute approximate surface area is 208 Å². The van der Waals surface area contributed by atoms with Crippen LogP contribution in [0.5, 0.6) is 0 Å². The summed E-state index contributed by atoms with van der Waals surface area (Å²) in [5.74, 6) is -1.74. The van der Waals surface area contributed by atoms with E-state index in [1.54, 1.807) is 33.7 Å². The molecule has 34 heavy (non-hydrogen) atoms. The van der Waals surface area contributed by atoms with Crippen molar-refractivity contribution >= 4 is 29.5 Å². The smallest absolute Gasteiger partial charge is 0.311 e. The molecule has 8 heteroatoms. The van der Waals surface area contributed by atoms with Crippen molar-refractivity contribution in [1.82, 2.24) is 9.80 Å². The zero-order valence-corrected chi connectivity index (χ0v) is 21.9. The summed E-state index contributed by atoms with van der Waals surface area (Å²) in [7, 11) is 0. The van der Waals surface area contributed by atoms with Crippen molar-refractivity contribution in [2.75, 3.05) is 26.3 Å². The third kappa shape index (κ3) is 4.43. The number of fused-ring (bicyclic) bond motifs is 1. The Hall–Kier alpha value is -1.80. The molecule has 0 aromatic heterocycles. The van der Waals surface area contributed by atoms with Crippen molar-refractivity contribution in [3.05, 3.63) is 25.3 Å². The predicted octanol–water partition coefficient (Wildman–Crippen LogP) is 3.17. The first-order chi connectivity index (χ1) is 16.0. The molecule has 7 nitrogen and oxygen atoms in total. The number of thioether (sulfide) groups is 1. The number of ether oxygens (including phenoxy) is 1. The molecular formula is C26H40N2O5S. The van der Waals surface area contributed by atoms with Crippen LogP contribution in [0.3, 0.4) is 0 Å². The Morgan fingerprint density at radius 1 is 1.26 bits per heavy atom. The number of likely N-dealkylation sites (tertiary alicyclic amines) is 1. The lowest BCUT2D eigenvalue weighted by Gasteiger charge is -2.42. The molecule has 0 radical (unpaired) electrons. The Morgan fingerprint density at radius 2 is 1.97 bits per heavy atom. The van der Waals surface area contributed by atoms with Crippen molar-refractivity contribution in [2.45, 2.75) is 80.9 Å². The largest absolute Gasteiger partial charge is 0.465 e. The van der Waals surface area contributed by atoms with Crippen LogP contribution in [0.4, 0.5) is 0 Å². The molecule has 2 amide bonds. The lowest BCUT2D eigenvalue weighted by molar-refractivity contribution is -0.155. The number of carbonyl (C=O) groups excluding carboxylic acids is 3. The fourth-order valence-corrected chi connectivity index (χ4v) is 8.34. The molecule has 3 aliphatic heterocycles. The highest BCUT2D eigenvalue weighted by Crippen LogP contribution is 2.71. The van der Waals surface area contributed by atoms with E-state index in [9.17, 15) is 19.5 Å². The monoisotopic (exact) mass is 492 g/mol. The SMILES string of the molecule is C=CCCOC(=O)[C@H]1[C@H]2C(=O)N(CCCCO)C(C(=O)N(CC=C)C(C)(C)C)C23CC[C@]1(C)S3. The van der Waals surface area contributed by atoms with E-state index in [-0.39, 0.29) is 31.0 Å². The number of carbonyl (C=O) groups is 3. The van der Waals surface area contributed by atoms with E-state index < -0.39 is 32.9 Å². The molecule has 190 valence electrons. The van der Waals surface area contributed by atoms with Gasteiger partial charge in [0.25, 0.3) is 0 Å². The van der Waals surface area contributed by atoms with Crippen molar-refractivity contribution in [3.63, 3.8) is 0 Å². The van der Waals surface area contributed by atoms with Gasteiger partial charge in [0.2, 0.25) is 11.8 Å². The number of rotatable bonds is 11. The lowest BCUT2D eigenvalue weighted by atomic mass is 9.66. The predicted molar refractivity (Wildman–Crippen MR) is 134 cm³/mol. The maximum atomic E-state index is 14.2. The summed E-state index contributed by atoms with van der Waals surface area (Å²) in [6, 6.07) is -0.652. The Kier molecular flexibility index (Phi) is 7.92. The van der Waals surface area contributed by atoms with Crippen LogP contribution in [0, 0.1) is 11.8 Å². The van der Waals surface area contributed by atoms with Crippen LogP contribution >= 0.6 is 11.8 Å². The summed E-state index contributed by atoms with van der Waals surface area (Å²) >= 11 is 1.65. The average molecular weight is 493 g/mol. The number of aliphatic hydroxyl groups excluding tert-OH is 1. The number of unbranched alkanes of at least 4 members (excludes halogenated alkanes) is 1. The van der Waals surface area contributed by atoms with Crippen molar-refractivity contribution < 1.29 is 24.2 Å². The molecule has 0 aliphatic carbocycles. The lowest BCUT2D eigenvalue weighted by Crippen LogP contribution is -2.58. The number of aliphatic hydroxyl groups is 1. The van der Waals surface area contributed by atoms with Gasteiger partial charge in [0.1, 0.15) is 6.04 Å². The van der Waals surface area contributed by atoms with Gasteiger partial charge in [-0.05, 0) is 59.8 Å². The average Bonchev–Trinajstić information content (AvgIpc) is 3.32. The summed E-state index contributed by atoms with van der Waals surface area (Å²) in [5.41, 5.74) is -0.450. The first kappa shape index (κ1) is 26.8. The van der Waals surface area contributed by atoms with Gasteiger partial charge in [-0.1, -0.05) is 12.2 Å². The summed E-state index contributed by atoms with van der Waals surface area (Å²) in [6.45, 7) is 16.5. The van der Waals surface area contributed by atoms with Crippen molar-refractivity contribution in [3.8, 4) is 0 Å². The second kappa shape index (κ2) is 10.1. The minimum atomic E-state index is -0.658. The summed E-state index contributed by atoms with van der Waals surface area (Å²) < 4.78 is 4.48. The number of esters is 1. The van der Waals surface area contributed by atoms with Crippen LogP contribution in [0.25, 0.3) is 0 Å². The molecule has 3 rings (SSSR count). The second-order valence-corrected chi connectivity index (χ2v) is 12.7. The number of hydrogen-bond acceptors (Lipinski definition) is 6. The van der Waals surface area contributed by atoms with E-state index in [0.717, 1.165) is 6.42 Å². The first-order valence-electron chi connectivity index (χ1n) is 12.3. The van der Waals surface area contributed by atoms with Gasteiger partial charge in [-0.2, -0.15) is 0 Å². The zero-order chi connectivity index (χ0) is 25.3. The van der Waals surface area contributed by atoms with Crippen LogP contribution in [0.2, 0.25) is 0 Å². The molecule has 0 aromatic carbocycles. The van der Waals surface area contributed by atoms with Gasteiger partial charge >= 0.3 is 5.97 Å². The summed E-state index contributed by atoms with van der Waals surface area (Å²) in [6.07, 6.45) is 6.59. The minimum Gasteiger partial charge on any atom is -0.465 e. The molecule has 2 unspecified atom stereocenters. The molecule has 3 aliphatic rings. The van der Waals surface area contributed by atoms with Crippen LogP contribution < -0.4 is 0 Å². The number of hydrogen-bond donors (Lipinski definition) is 1. The maximum absolute atomic E-state index is 14.2. The molecule has 1 spiro atoms. The van der Waals surface area contributed by atoms with Crippen LogP contribution in [-0.2, 0) is 19.1 Å². The molecule has 3 saturated heterocycles. The minimum absolute atomic E-state index is 0.0326. The second-order valence-electron chi connectivity index (χ2n) is 10.8. The van der Waals surface area contributed by atoms with E-state index in [4.69, 9.17) is 4.74 Å². The van der Waals surface area contributed by atoms with Gasteiger partial charge in [-0.3, -0.25) is 14.4 Å². The molecule has 3 fully saturated rings. The normalized spacial score (nSPS) is 32.0. The van der Waals surface area contributed by atoms with Crippen molar-refractivity contribution in [1.29, 1.82) is 0 Å². The Morgan fingerprint density at radius 3 is 2.56 bits per heavy atom. The third-order valence-corrected chi connectivity index (χ3v) is 9.51. The Bertz CT molecular complexity index is 840. The quantitative estimate of drug-likeness (QED) is 0.271. The summed E-state index contributed by atoms with van der Waals surface area (Å²) in [4.78, 5) is 44.9. The first-order valence-corrected chi connectivity index (χ1v) is 13.1. The molecule has 0 saturated carbocycles. The fraction of sp³-hybridized carbons (Fsp3) is 0.731. The number of amides is 2. The standard InChI is InChI=1S/C26H40N2O5S/c1-7-9-17-33-23(32)19-18-21(30)27(15-10-11-16-29)20(26(18)13-12-25(19,6)34-26)22(31)28(14-8-2)24(3,4)5/h7-8,18-20,29H,1-2,9-17H2,3-6H3/t18-,19+,20?,25-,26?/m0/s1. The molecule has 5 atom stereocenters. The molecule has 2 bridgehead atoms. The van der Waals surface area contributed by atoms with Crippen LogP contribution in [-0.4, -0.2) is 80.1 Å². The number of nitrogens with zero attached hydrogens (tertiary/aromatic N) is 2. The van der Waals surface area contributed by atoms with E-state index in [1.807, 2.05) is 27.7 Å². The van der Waals surface area contributed by atoms with Gasteiger partial charge in [0.05, 0.1) is 23.2 Å². The molecule has 1 N–H and O–H groups in total. The highest BCUT2D eigenvalue weighted by molar-refractivity contribution is 8.02.